The van der Waals surface area contributed by atoms with Gasteiger partial charge >= 0.3 is 6.18 Å². The number of nitrogens with zero attached hydrogens (tertiary/aromatic N) is 1. The molecule has 2 heterocycles. The fourth-order valence-corrected chi connectivity index (χ4v) is 3.20. The first-order valence-corrected chi connectivity index (χ1v) is 9.51. The van der Waals surface area contributed by atoms with Crippen LogP contribution < -0.4 is 9.47 Å². The lowest BCUT2D eigenvalue weighted by atomic mass is 10.0. The highest BCUT2D eigenvalue weighted by Crippen LogP contribution is 2.36. The molecule has 0 aliphatic rings. The number of benzene rings is 2. The van der Waals surface area contributed by atoms with E-state index >= 15 is 0 Å². The highest BCUT2D eigenvalue weighted by molar-refractivity contribution is 5.76. The highest BCUT2D eigenvalue weighted by Gasteiger charge is 2.30. The average molecular weight is 424 g/mol. The van der Waals surface area contributed by atoms with Crippen molar-refractivity contribution in [3.8, 4) is 33.9 Å². The van der Waals surface area contributed by atoms with Crippen molar-refractivity contribution < 1.29 is 22.6 Å². The van der Waals surface area contributed by atoms with Gasteiger partial charge < -0.3 is 14.5 Å². The third-order valence-corrected chi connectivity index (χ3v) is 4.80. The van der Waals surface area contributed by atoms with Gasteiger partial charge in [0.15, 0.2) is 0 Å². The van der Waals surface area contributed by atoms with E-state index in [0.29, 0.717) is 29.4 Å². The Morgan fingerprint density at radius 2 is 1.74 bits per heavy atom. The Morgan fingerprint density at radius 1 is 0.935 bits per heavy atom. The van der Waals surface area contributed by atoms with Crippen LogP contribution >= 0.6 is 0 Å². The van der Waals surface area contributed by atoms with Crippen LogP contribution in [0.2, 0.25) is 0 Å². The minimum Gasteiger partial charge on any atom is -0.496 e. The molecule has 0 fully saturated rings. The number of ether oxygens (including phenoxy) is 2. The fraction of sp³-hybridized carbons (Fsp3) is 0.125. The SMILES string of the molecule is COc1cc(OCc2ccccn2)ccc1-c1c[nH]c(-c2ccc(C(F)(F)F)cc2)c1. The third kappa shape index (κ3) is 4.71. The maximum atomic E-state index is 12.8. The number of methoxy groups -OCH3 is 1. The summed E-state index contributed by atoms with van der Waals surface area (Å²) in [5.41, 5.74) is 3.20. The molecule has 1 N–H and O–H groups in total. The quantitative estimate of drug-likeness (QED) is 0.392. The fourth-order valence-electron chi connectivity index (χ4n) is 3.20. The monoisotopic (exact) mass is 424 g/mol. The number of pyridine rings is 1. The van der Waals surface area contributed by atoms with Crippen LogP contribution in [0.25, 0.3) is 22.4 Å². The zero-order chi connectivity index (χ0) is 21.8. The van der Waals surface area contributed by atoms with E-state index in [2.05, 4.69) is 9.97 Å². The summed E-state index contributed by atoms with van der Waals surface area (Å²) in [6.45, 7) is 0.339. The number of nitrogens with one attached hydrogen (secondary N) is 1. The predicted molar refractivity (Wildman–Crippen MR) is 112 cm³/mol. The molecule has 0 saturated carbocycles. The number of rotatable bonds is 6. The van der Waals surface area contributed by atoms with E-state index < -0.39 is 11.7 Å². The molecule has 0 saturated heterocycles. The predicted octanol–water partition coefficient (Wildman–Crippen LogP) is 6.35. The summed E-state index contributed by atoms with van der Waals surface area (Å²) in [6.07, 6.45) is -0.852. The lowest BCUT2D eigenvalue weighted by Crippen LogP contribution is -2.03. The normalized spacial score (nSPS) is 11.4. The van der Waals surface area contributed by atoms with Crippen LogP contribution in [0.5, 0.6) is 11.5 Å². The topological polar surface area (TPSA) is 47.1 Å². The second kappa shape index (κ2) is 8.55. The molecule has 4 aromatic rings. The van der Waals surface area contributed by atoms with E-state index in [9.17, 15) is 13.2 Å². The van der Waals surface area contributed by atoms with Gasteiger partial charge in [0.05, 0.1) is 18.4 Å². The zero-order valence-electron chi connectivity index (χ0n) is 16.6. The van der Waals surface area contributed by atoms with E-state index in [0.717, 1.165) is 29.0 Å². The molecule has 4 rings (SSSR count). The van der Waals surface area contributed by atoms with Gasteiger partial charge in [-0.2, -0.15) is 13.2 Å². The summed E-state index contributed by atoms with van der Waals surface area (Å²) in [5, 5.41) is 0. The molecule has 31 heavy (non-hydrogen) atoms. The number of aromatic nitrogens is 2. The lowest BCUT2D eigenvalue weighted by molar-refractivity contribution is -0.137. The minimum atomic E-state index is -4.35. The van der Waals surface area contributed by atoms with Crippen LogP contribution in [0.4, 0.5) is 13.2 Å². The molecule has 0 bridgehead atoms. The second-order valence-corrected chi connectivity index (χ2v) is 6.85. The van der Waals surface area contributed by atoms with Gasteiger partial charge in [0.2, 0.25) is 0 Å². The minimum absolute atomic E-state index is 0.339. The van der Waals surface area contributed by atoms with Crippen molar-refractivity contribution in [3.05, 3.63) is 90.4 Å². The van der Waals surface area contributed by atoms with E-state index in [1.54, 1.807) is 25.6 Å². The number of aromatic amines is 1. The Kier molecular flexibility index (Phi) is 5.66. The van der Waals surface area contributed by atoms with E-state index in [4.69, 9.17) is 9.47 Å². The van der Waals surface area contributed by atoms with Crippen molar-refractivity contribution in [3.63, 3.8) is 0 Å². The Bertz CT molecular complexity index is 1150. The van der Waals surface area contributed by atoms with E-state index in [1.807, 2.05) is 36.4 Å². The Balaban J connectivity index is 1.54. The van der Waals surface area contributed by atoms with Gasteiger partial charge in [0.1, 0.15) is 18.1 Å². The first-order chi connectivity index (χ1) is 14.9. The molecule has 2 aromatic carbocycles. The van der Waals surface area contributed by atoms with Gasteiger partial charge in [0, 0.05) is 35.3 Å². The van der Waals surface area contributed by atoms with Gasteiger partial charge in [-0.3, -0.25) is 4.98 Å². The van der Waals surface area contributed by atoms with Crippen LogP contribution in [0.1, 0.15) is 11.3 Å². The summed E-state index contributed by atoms with van der Waals surface area (Å²) in [5.74, 6) is 1.27. The van der Waals surface area contributed by atoms with Crippen molar-refractivity contribution in [1.29, 1.82) is 0 Å². The largest absolute Gasteiger partial charge is 0.496 e. The summed E-state index contributed by atoms with van der Waals surface area (Å²) in [7, 11) is 1.57. The Morgan fingerprint density at radius 3 is 2.42 bits per heavy atom. The van der Waals surface area contributed by atoms with Gasteiger partial charge in [-0.05, 0) is 48.0 Å². The van der Waals surface area contributed by atoms with Crippen LogP contribution in [0.3, 0.4) is 0 Å². The summed E-state index contributed by atoms with van der Waals surface area (Å²) in [4.78, 5) is 7.34. The number of halogens is 3. The highest BCUT2D eigenvalue weighted by atomic mass is 19.4. The number of hydrogen-bond acceptors (Lipinski definition) is 3. The molecule has 0 unspecified atom stereocenters. The molecule has 2 aromatic heterocycles. The molecule has 4 nitrogen and oxygen atoms in total. The van der Waals surface area contributed by atoms with Crippen LogP contribution in [-0.4, -0.2) is 17.1 Å². The smallest absolute Gasteiger partial charge is 0.416 e. The molecule has 0 spiro atoms. The molecule has 0 aliphatic carbocycles. The van der Waals surface area contributed by atoms with E-state index in [1.165, 1.54) is 12.1 Å². The molecular weight excluding hydrogens is 405 g/mol. The van der Waals surface area contributed by atoms with Crippen LogP contribution in [0.15, 0.2) is 79.1 Å². The van der Waals surface area contributed by atoms with Gasteiger partial charge in [-0.15, -0.1) is 0 Å². The Hall–Kier alpha value is -3.74. The third-order valence-electron chi connectivity index (χ3n) is 4.80. The molecular formula is C24H19F3N2O2. The van der Waals surface area contributed by atoms with Crippen LogP contribution in [-0.2, 0) is 12.8 Å². The molecule has 7 heteroatoms. The molecule has 0 radical (unpaired) electrons. The maximum Gasteiger partial charge on any atom is 0.416 e. The van der Waals surface area contributed by atoms with E-state index in [-0.39, 0.29) is 0 Å². The molecule has 0 amide bonds. The van der Waals surface area contributed by atoms with Crippen LogP contribution in [0, 0.1) is 0 Å². The van der Waals surface area contributed by atoms with Crippen molar-refractivity contribution in [2.75, 3.05) is 7.11 Å². The molecule has 0 aliphatic heterocycles. The first kappa shape index (κ1) is 20.5. The summed E-state index contributed by atoms with van der Waals surface area (Å²) < 4.78 is 49.7. The van der Waals surface area contributed by atoms with Gasteiger partial charge in [-0.1, -0.05) is 18.2 Å². The number of hydrogen-bond donors (Lipinski definition) is 1. The lowest BCUT2D eigenvalue weighted by Gasteiger charge is -2.11. The number of H-pyrrole nitrogens is 1. The summed E-state index contributed by atoms with van der Waals surface area (Å²) >= 11 is 0. The molecule has 0 atom stereocenters. The van der Waals surface area contributed by atoms with Gasteiger partial charge in [-0.25, -0.2) is 0 Å². The summed E-state index contributed by atoms with van der Waals surface area (Å²) in [6, 6.07) is 18.1. The molecule has 158 valence electrons. The number of alkyl halides is 3. The van der Waals surface area contributed by atoms with Crippen molar-refractivity contribution >= 4 is 0 Å². The zero-order valence-corrected chi connectivity index (χ0v) is 16.6. The Labute approximate surface area is 177 Å². The first-order valence-electron chi connectivity index (χ1n) is 9.51. The second-order valence-electron chi connectivity index (χ2n) is 6.85. The average Bonchev–Trinajstić information content (AvgIpc) is 3.28. The van der Waals surface area contributed by atoms with Crippen molar-refractivity contribution in [2.45, 2.75) is 12.8 Å². The van der Waals surface area contributed by atoms with Crippen molar-refractivity contribution in [2.24, 2.45) is 0 Å². The van der Waals surface area contributed by atoms with Crippen molar-refractivity contribution in [1.82, 2.24) is 9.97 Å². The van der Waals surface area contributed by atoms with Gasteiger partial charge in [0.25, 0.3) is 0 Å². The maximum absolute atomic E-state index is 12.8. The standard InChI is InChI=1S/C24H19F3N2O2/c1-30-23-13-20(31-15-19-4-2-3-11-28-19)9-10-21(23)17-12-22(29-14-17)16-5-7-18(8-6-16)24(25,26)27/h2-14,29H,15H2,1H3.